The normalized spacial score (nSPS) is 26.8. The van der Waals surface area contributed by atoms with Crippen molar-refractivity contribution in [1.29, 1.82) is 0 Å². The molecule has 8 heteroatoms. The summed E-state index contributed by atoms with van der Waals surface area (Å²) in [6.45, 7) is 9.05. The second-order valence-corrected chi connectivity index (χ2v) is 9.93. The van der Waals surface area contributed by atoms with E-state index in [2.05, 4.69) is 36.0 Å². The van der Waals surface area contributed by atoms with Crippen LogP contribution in [0.2, 0.25) is 0 Å². The SMILES string of the molecule is C=CC(=O)NC1CCCC(Nc2nc(N3CCCC[C@H]3CCO)nc3c2N=CC3C(C)C)C1. The predicted octanol–water partition coefficient (Wildman–Crippen LogP) is 3.70. The van der Waals surface area contributed by atoms with Crippen molar-refractivity contribution in [2.45, 2.75) is 89.3 Å². The number of amides is 1. The molecule has 1 amide bonds. The molecule has 3 heterocycles. The Kier molecular flexibility index (Phi) is 7.63. The fraction of sp³-hybridized carbons (Fsp3) is 0.680. The maximum Gasteiger partial charge on any atom is 0.243 e. The van der Waals surface area contributed by atoms with Crippen LogP contribution in [0.3, 0.4) is 0 Å². The molecule has 2 aliphatic heterocycles. The number of anilines is 2. The lowest BCUT2D eigenvalue weighted by atomic mass is 9.90. The lowest BCUT2D eigenvalue weighted by Gasteiger charge is -2.36. The zero-order valence-electron chi connectivity index (χ0n) is 20.0. The van der Waals surface area contributed by atoms with E-state index in [9.17, 15) is 9.90 Å². The summed E-state index contributed by atoms with van der Waals surface area (Å²) >= 11 is 0. The molecule has 3 unspecified atom stereocenters. The van der Waals surface area contributed by atoms with Gasteiger partial charge in [0, 0.05) is 43.4 Å². The fourth-order valence-corrected chi connectivity index (χ4v) is 5.38. The van der Waals surface area contributed by atoms with E-state index in [-0.39, 0.29) is 36.6 Å². The first kappa shape index (κ1) is 23.7. The van der Waals surface area contributed by atoms with Crippen LogP contribution in [0, 0.1) is 5.92 Å². The predicted molar refractivity (Wildman–Crippen MR) is 132 cm³/mol. The molecule has 1 aromatic rings. The summed E-state index contributed by atoms with van der Waals surface area (Å²) < 4.78 is 0. The van der Waals surface area contributed by atoms with Gasteiger partial charge in [0.15, 0.2) is 5.82 Å². The first-order valence-electron chi connectivity index (χ1n) is 12.5. The number of aromatic nitrogens is 2. The average Bonchev–Trinajstić information content (AvgIpc) is 3.24. The van der Waals surface area contributed by atoms with E-state index in [1.165, 1.54) is 12.5 Å². The minimum absolute atomic E-state index is 0.115. The Balaban J connectivity index is 1.61. The highest BCUT2D eigenvalue weighted by molar-refractivity contribution is 5.87. The molecule has 1 saturated carbocycles. The van der Waals surface area contributed by atoms with Gasteiger partial charge in [-0.15, -0.1) is 0 Å². The Labute approximate surface area is 197 Å². The largest absolute Gasteiger partial charge is 0.396 e. The van der Waals surface area contributed by atoms with Gasteiger partial charge in [-0.05, 0) is 63.4 Å². The molecule has 33 heavy (non-hydrogen) atoms. The van der Waals surface area contributed by atoms with Crippen molar-refractivity contribution >= 4 is 29.6 Å². The van der Waals surface area contributed by atoms with Crippen LogP contribution in [0.15, 0.2) is 17.6 Å². The van der Waals surface area contributed by atoms with Crippen molar-refractivity contribution < 1.29 is 9.90 Å². The van der Waals surface area contributed by atoms with Crippen molar-refractivity contribution in [3.05, 3.63) is 18.3 Å². The summed E-state index contributed by atoms with van der Waals surface area (Å²) in [4.78, 5) is 28.8. The summed E-state index contributed by atoms with van der Waals surface area (Å²) in [5.41, 5.74) is 1.85. The van der Waals surface area contributed by atoms with Gasteiger partial charge in [-0.25, -0.2) is 4.98 Å². The Morgan fingerprint density at radius 3 is 2.82 bits per heavy atom. The maximum atomic E-state index is 11.8. The van der Waals surface area contributed by atoms with E-state index >= 15 is 0 Å². The van der Waals surface area contributed by atoms with Gasteiger partial charge < -0.3 is 20.6 Å². The van der Waals surface area contributed by atoms with E-state index in [0.29, 0.717) is 5.92 Å². The van der Waals surface area contributed by atoms with Crippen LogP contribution in [-0.2, 0) is 4.79 Å². The number of hydrogen-bond donors (Lipinski definition) is 3. The molecule has 1 saturated heterocycles. The number of hydrogen-bond acceptors (Lipinski definition) is 7. The van der Waals surface area contributed by atoms with Gasteiger partial charge in [-0.3, -0.25) is 9.79 Å². The molecule has 180 valence electrons. The highest BCUT2D eigenvalue weighted by Crippen LogP contribution is 2.42. The zero-order chi connectivity index (χ0) is 23.4. The monoisotopic (exact) mass is 454 g/mol. The number of carbonyl (C=O) groups is 1. The molecule has 0 aromatic carbocycles. The molecule has 1 aromatic heterocycles. The summed E-state index contributed by atoms with van der Waals surface area (Å²) in [6.07, 6.45) is 11.3. The van der Waals surface area contributed by atoms with Gasteiger partial charge >= 0.3 is 0 Å². The summed E-state index contributed by atoms with van der Waals surface area (Å²) in [6, 6.07) is 0.616. The van der Waals surface area contributed by atoms with Gasteiger partial charge in [0.25, 0.3) is 0 Å². The molecule has 0 spiro atoms. The molecule has 3 aliphatic rings. The van der Waals surface area contributed by atoms with Gasteiger partial charge in [-0.1, -0.05) is 20.4 Å². The van der Waals surface area contributed by atoms with Crippen LogP contribution in [0.5, 0.6) is 0 Å². The van der Waals surface area contributed by atoms with Crippen molar-refractivity contribution in [1.82, 2.24) is 15.3 Å². The molecule has 4 atom stereocenters. The van der Waals surface area contributed by atoms with E-state index < -0.39 is 0 Å². The van der Waals surface area contributed by atoms with Gasteiger partial charge in [-0.2, -0.15) is 4.98 Å². The number of rotatable bonds is 8. The zero-order valence-corrected chi connectivity index (χ0v) is 20.0. The molecule has 0 radical (unpaired) electrons. The molecule has 4 rings (SSSR count). The second-order valence-electron chi connectivity index (χ2n) is 9.93. The molecular formula is C25H38N6O2. The van der Waals surface area contributed by atoms with Crippen LogP contribution < -0.4 is 15.5 Å². The number of fused-ring (bicyclic) bond motifs is 1. The average molecular weight is 455 g/mol. The summed E-state index contributed by atoms with van der Waals surface area (Å²) in [7, 11) is 0. The van der Waals surface area contributed by atoms with Crippen molar-refractivity contribution in [2.75, 3.05) is 23.4 Å². The quantitative estimate of drug-likeness (QED) is 0.518. The molecule has 8 nitrogen and oxygen atoms in total. The van der Waals surface area contributed by atoms with E-state index in [0.717, 1.165) is 74.6 Å². The van der Waals surface area contributed by atoms with Crippen molar-refractivity contribution in [3.63, 3.8) is 0 Å². The van der Waals surface area contributed by atoms with Gasteiger partial charge in [0.1, 0.15) is 5.69 Å². The lowest BCUT2D eigenvalue weighted by molar-refractivity contribution is -0.117. The highest BCUT2D eigenvalue weighted by Gasteiger charge is 2.32. The van der Waals surface area contributed by atoms with E-state index in [1.54, 1.807) is 0 Å². The number of nitrogens with one attached hydrogen (secondary N) is 2. The number of nitrogens with zero attached hydrogens (tertiary/aromatic N) is 4. The van der Waals surface area contributed by atoms with Crippen LogP contribution in [-0.4, -0.2) is 58.5 Å². The maximum absolute atomic E-state index is 11.8. The fourth-order valence-electron chi connectivity index (χ4n) is 5.38. The minimum Gasteiger partial charge on any atom is -0.396 e. The number of carbonyl (C=O) groups excluding carboxylic acids is 1. The molecule has 0 bridgehead atoms. The van der Waals surface area contributed by atoms with Crippen LogP contribution >= 0.6 is 0 Å². The molecule has 3 N–H and O–H groups in total. The summed E-state index contributed by atoms with van der Waals surface area (Å²) in [5.74, 6) is 2.00. The minimum atomic E-state index is -0.115. The number of aliphatic hydroxyl groups is 1. The van der Waals surface area contributed by atoms with E-state index in [4.69, 9.17) is 15.0 Å². The van der Waals surface area contributed by atoms with E-state index in [1.807, 2.05) is 6.21 Å². The Bertz CT molecular complexity index is 884. The van der Waals surface area contributed by atoms with Crippen LogP contribution in [0.1, 0.15) is 76.8 Å². The van der Waals surface area contributed by atoms with Crippen LogP contribution in [0.25, 0.3) is 0 Å². The third-order valence-electron chi connectivity index (χ3n) is 7.19. The number of piperidine rings is 1. The molecule has 1 aliphatic carbocycles. The van der Waals surface area contributed by atoms with Gasteiger partial charge in [0.05, 0.1) is 5.69 Å². The number of aliphatic hydroxyl groups excluding tert-OH is 1. The summed E-state index contributed by atoms with van der Waals surface area (Å²) in [5, 5.41) is 16.3. The molecular weight excluding hydrogens is 416 g/mol. The van der Waals surface area contributed by atoms with Crippen molar-refractivity contribution in [3.8, 4) is 0 Å². The Hall–Kier alpha value is -2.48. The smallest absolute Gasteiger partial charge is 0.243 e. The topological polar surface area (TPSA) is 103 Å². The standard InChI is InChI=1S/C25H38N6O2/c1-4-21(33)27-17-8-7-9-18(14-17)28-24-23-22(20(15-26-23)16(2)3)29-25(30-24)31-12-6-5-10-19(31)11-13-32/h4,15-20,32H,1,5-14H2,2-3H3,(H,27,33)(H,28,29,30)/t17?,18?,19-,20?/m0/s1. The van der Waals surface area contributed by atoms with Gasteiger partial charge in [0.2, 0.25) is 11.9 Å². The molecule has 2 fully saturated rings. The van der Waals surface area contributed by atoms with Crippen LogP contribution in [0.4, 0.5) is 17.5 Å². The third-order valence-corrected chi connectivity index (χ3v) is 7.19. The lowest BCUT2D eigenvalue weighted by Crippen LogP contribution is -2.42. The number of aliphatic imine (C=N–C) groups is 1. The second kappa shape index (κ2) is 10.6. The highest BCUT2D eigenvalue weighted by atomic mass is 16.3. The Morgan fingerprint density at radius 2 is 2.06 bits per heavy atom. The Morgan fingerprint density at radius 1 is 1.24 bits per heavy atom. The van der Waals surface area contributed by atoms with Crippen molar-refractivity contribution in [2.24, 2.45) is 10.9 Å². The third kappa shape index (κ3) is 5.37. The first-order valence-corrected chi connectivity index (χ1v) is 12.5. The first-order chi connectivity index (χ1) is 16.0.